The summed E-state index contributed by atoms with van der Waals surface area (Å²) in [5.41, 5.74) is 3.29. The third kappa shape index (κ3) is 5.81. The molecule has 0 saturated carbocycles. The van der Waals surface area contributed by atoms with Crippen LogP contribution in [-0.2, 0) is 11.2 Å². The molecule has 0 radical (unpaired) electrons. The molecule has 0 fully saturated rings. The van der Waals surface area contributed by atoms with Gasteiger partial charge >= 0.3 is 0 Å². The Bertz CT molecular complexity index is 399. The zero-order chi connectivity index (χ0) is 13.4. The van der Waals surface area contributed by atoms with E-state index in [2.05, 4.69) is 5.43 Å². The van der Waals surface area contributed by atoms with Crippen molar-refractivity contribution >= 4 is 18.3 Å². The Kier molecular flexibility index (Phi) is 8.74. The second-order valence-electron chi connectivity index (χ2n) is 3.96. The third-order valence-electron chi connectivity index (χ3n) is 2.73. The van der Waals surface area contributed by atoms with Crippen LogP contribution in [0, 0.1) is 0 Å². The molecule has 0 aromatic heterocycles. The number of halogens is 1. The minimum Gasteiger partial charge on any atom is -0.493 e. The Labute approximate surface area is 119 Å². The van der Waals surface area contributed by atoms with Gasteiger partial charge in [0.1, 0.15) is 0 Å². The number of aryl methyl sites for hydroxylation is 1. The first-order valence-electron chi connectivity index (χ1n) is 5.91. The lowest BCUT2D eigenvalue weighted by atomic mass is 10.1. The van der Waals surface area contributed by atoms with E-state index >= 15 is 0 Å². The van der Waals surface area contributed by atoms with Crippen LogP contribution in [0.5, 0.6) is 11.5 Å². The highest BCUT2D eigenvalue weighted by atomic mass is 35.5. The van der Waals surface area contributed by atoms with Crippen molar-refractivity contribution < 1.29 is 14.3 Å². The first-order chi connectivity index (χ1) is 8.71. The first-order valence-corrected chi connectivity index (χ1v) is 5.91. The largest absolute Gasteiger partial charge is 0.493 e. The number of rotatable bonds is 7. The van der Waals surface area contributed by atoms with Gasteiger partial charge in [0.15, 0.2) is 11.5 Å². The van der Waals surface area contributed by atoms with Crippen LogP contribution in [0.1, 0.15) is 24.8 Å². The highest BCUT2D eigenvalue weighted by Crippen LogP contribution is 2.28. The maximum absolute atomic E-state index is 10.9. The fourth-order valence-electron chi connectivity index (χ4n) is 1.72. The predicted molar refractivity (Wildman–Crippen MR) is 76.7 cm³/mol. The summed E-state index contributed by atoms with van der Waals surface area (Å²) < 4.78 is 10.4. The molecule has 0 unspecified atom stereocenters. The van der Waals surface area contributed by atoms with Gasteiger partial charge in [-0.25, -0.2) is 5.84 Å². The number of ether oxygens (including phenoxy) is 2. The minimum atomic E-state index is -0.123. The number of nitrogens with one attached hydrogen (secondary N) is 1. The summed E-state index contributed by atoms with van der Waals surface area (Å²) in [6, 6.07) is 5.85. The lowest BCUT2D eigenvalue weighted by Gasteiger charge is -2.09. The quantitative estimate of drug-likeness (QED) is 0.347. The summed E-state index contributed by atoms with van der Waals surface area (Å²) in [6.45, 7) is 0. The Morgan fingerprint density at radius 2 is 1.89 bits per heavy atom. The molecule has 0 heterocycles. The van der Waals surface area contributed by atoms with E-state index in [1.165, 1.54) is 5.56 Å². The summed E-state index contributed by atoms with van der Waals surface area (Å²) in [6.07, 6.45) is 3.11. The molecule has 1 amide bonds. The molecule has 5 nitrogen and oxygen atoms in total. The summed E-state index contributed by atoms with van der Waals surface area (Å²) in [7, 11) is 3.23. The number of hydrogen-bond donors (Lipinski definition) is 2. The molecule has 3 N–H and O–H groups in total. The zero-order valence-corrected chi connectivity index (χ0v) is 12.1. The molecule has 1 aromatic carbocycles. The van der Waals surface area contributed by atoms with Crippen molar-refractivity contribution in [1.29, 1.82) is 0 Å². The molecule has 0 aliphatic heterocycles. The SMILES string of the molecule is COc1ccc(CCCCC(=O)NN)cc1OC.Cl. The smallest absolute Gasteiger partial charge is 0.233 e. The van der Waals surface area contributed by atoms with Crippen molar-refractivity contribution in [3.63, 3.8) is 0 Å². The fourth-order valence-corrected chi connectivity index (χ4v) is 1.72. The summed E-state index contributed by atoms with van der Waals surface area (Å²) >= 11 is 0. The third-order valence-corrected chi connectivity index (χ3v) is 2.73. The number of carbonyl (C=O) groups excluding carboxylic acids is 1. The Balaban J connectivity index is 0.00000324. The van der Waals surface area contributed by atoms with Gasteiger partial charge in [0, 0.05) is 6.42 Å². The van der Waals surface area contributed by atoms with E-state index in [-0.39, 0.29) is 18.3 Å². The molecular formula is C13H21ClN2O3. The summed E-state index contributed by atoms with van der Waals surface area (Å²) in [4.78, 5) is 10.9. The highest BCUT2D eigenvalue weighted by Gasteiger charge is 2.04. The van der Waals surface area contributed by atoms with E-state index in [1.807, 2.05) is 18.2 Å². The van der Waals surface area contributed by atoms with Gasteiger partial charge in [-0.05, 0) is 37.0 Å². The summed E-state index contributed by atoms with van der Waals surface area (Å²) in [5.74, 6) is 6.34. The van der Waals surface area contributed by atoms with Crippen molar-refractivity contribution in [3.05, 3.63) is 23.8 Å². The van der Waals surface area contributed by atoms with E-state index < -0.39 is 0 Å². The van der Waals surface area contributed by atoms with Gasteiger partial charge in [-0.15, -0.1) is 12.4 Å². The maximum Gasteiger partial charge on any atom is 0.233 e. The van der Waals surface area contributed by atoms with Crippen molar-refractivity contribution in [1.82, 2.24) is 5.43 Å². The monoisotopic (exact) mass is 288 g/mol. The standard InChI is InChI=1S/C13H20N2O3.ClH/c1-17-11-8-7-10(9-12(11)18-2)5-3-4-6-13(16)15-14;/h7-9H,3-6,14H2,1-2H3,(H,15,16);1H. The Morgan fingerprint density at radius 3 is 2.47 bits per heavy atom. The van der Waals surface area contributed by atoms with Crippen molar-refractivity contribution in [2.24, 2.45) is 5.84 Å². The van der Waals surface area contributed by atoms with Crippen molar-refractivity contribution in [3.8, 4) is 11.5 Å². The van der Waals surface area contributed by atoms with Crippen LogP contribution >= 0.6 is 12.4 Å². The molecule has 0 aliphatic carbocycles. The second kappa shape index (κ2) is 9.47. The Morgan fingerprint density at radius 1 is 1.21 bits per heavy atom. The van der Waals surface area contributed by atoms with Crippen molar-refractivity contribution in [2.45, 2.75) is 25.7 Å². The first kappa shape index (κ1) is 17.5. The average Bonchev–Trinajstić information content (AvgIpc) is 2.42. The lowest BCUT2D eigenvalue weighted by molar-refractivity contribution is -0.121. The minimum absolute atomic E-state index is 0. The van der Waals surface area contributed by atoms with Crippen LogP contribution in [0.25, 0.3) is 0 Å². The number of hydrazine groups is 1. The van der Waals surface area contributed by atoms with Gasteiger partial charge in [0.2, 0.25) is 5.91 Å². The Hall–Kier alpha value is -1.46. The van der Waals surface area contributed by atoms with Crippen LogP contribution in [0.4, 0.5) is 0 Å². The van der Waals surface area contributed by atoms with E-state index in [1.54, 1.807) is 14.2 Å². The van der Waals surface area contributed by atoms with Gasteiger partial charge in [-0.1, -0.05) is 6.07 Å². The molecule has 1 aromatic rings. The highest BCUT2D eigenvalue weighted by molar-refractivity contribution is 5.85. The molecule has 1 rings (SSSR count). The fraction of sp³-hybridized carbons (Fsp3) is 0.462. The van der Waals surface area contributed by atoms with E-state index in [4.69, 9.17) is 15.3 Å². The van der Waals surface area contributed by atoms with Gasteiger partial charge in [-0.2, -0.15) is 0 Å². The number of hydrogen-bond acceptors (Lipinski definition) is 4. The topological polar surface area (TPSA) is 73.6 Å². The number of unbranched alkanes of at least 4 members (excludes halogenated alkanes) is 1. The van der Waals surface area contributed by atoms with Crippen LogP contribution in [0.15, 0.2) is 18.2 Å². The number of nitrogens with two attached hydrogens (primary N) is 1. The van der Waals surface area contributed by atoms with Gasteiger partial charge in [-0.3, -0.25) is 10.2 Å². The molecule has 108 valence electrons. The lowest BCUT2D eigenvalue weighted by Crippen LogP contribution is -2.29. The molecule has 0 aliphatic rings. The van der Waals surface area contributed by atoms with Gasteiger partial charge < -0.3 is 9.47 Å². The molecule has 0 spiro atoms. The number of benzene rings is 1. The zero-order valence-electron chi connectivity index (χ0n) is 11.3. The average molecular weight is 289 g/mol. The molecule has 19 heavy (non-hydrogen) atoms. The van der Waals surface area contributed by atoms with Crippen LogP contribution in [0.2, 0.25) is 0 Å². The van der Waals surface area contributed by atoms with Gasteiger partial charge in [0.25, 0.3) is 0 Å². The second-order valence-corrected chi connectivity index (χ2v) is 3.96. The molecule has 6 heteroatoms. The van der Waals surface area contributed by atoms with Crippen molar-refractivity contribution in [2.75, 3.05) is 14.2 Å². The number of amides is 1. The number of carbonyl (C=O) groups is 1. The van der Waals surface area contributed by atoms with Crippen LogP contribution in [0.3, 0.4) is 0 Å². The molecular weight excluding hydrogens is 268 g/mol. The maximum atomic E-state index is 10.9. The molecule has 0 bridgehead atoms. The predicted octanol–water partition coefficient (Wildman–Crippen LogP) is 1.83. The molecule has 0 atom stereocenters. The van der Waals surface area contributed by atoms with Gasteiger partial charge in [0.05, 0.1) is 14.2 Å². The van der Waals surface area contributed by atoms with Crippen LogP contribution < -0.4 is 20.7 Å². The van der Waals surface area contributed by atoms with E-state index in [0.717, 1.165) is 30.8 Å². The summed E-state index contributed by atoms with van der Waals surface area (Å²) in [5, 5.41) is 0. The molecule has 0 saturated heterocycles. The number of methoxy groups -OCH3 is 2. The van der Waals surface area contributed by atoms with Crippen LogP contribution in [-0.4, -0.2) is 20.1 Å². The van der Waals surface area contributed by atoms with E-state index in [9.17, 15) is 4.79 Å². The normalized spacial score (nSPS) is 9.42. The van der Waals surface area contributed by atoms with E-state index in [0.29, 0.717) is 6.42 Å².